The number of piperazine rings is 1. The number of anilines is 2. The highest BCUT2D eigenvalue weighted by molar-refractivity contribution is 7.99. The molecule has 2 aromatic carbocycles. The van der Waals surface area contributed by atoms with E-state index in [1.54, 1.807) is 36.3 Å². The van der Waals surface area contributed by atoms with Gasteiger partial charge >= 0.3 is 6.01 Å². The third kappa shape index (κ3) is 5.38. The van der Waals surface area contributed by atoms with E-state index in [1.807, 2.05) is 17.8 Å². The lowest BCUT2D eigenvalue weighted by Crippen LogP contribution is -2.54. The van der Waals surface area contributed by atoms with Gasteiger partial charge in [0.1, 0.15) is 5.52 Å². The molecule has 204 valence electrons. The minimum Gasteiger partial charge on any atom is -0.463 e. The number of nitrogens with one attached hydrogen (secondary N) is 2. The van der Waals surface area contributed by atoms with Crippen LogP contribution in [0.3, 0.4) is 0 Å². The number of benzene rings is 2. The SMILES string of the molecule is CC1CN(c2ccc(C(=O)Nc3cc(F)c4nn(C)cc4c3)c3nc(OCC4CCSC4)ncc23)CC(C)N1. The highest BCUT2D eigenvalue weighted by Crippen LogP contribution is 2.32. The molecule has 0 bridgehead atoms. The van der Waals surface area contributed by atoms with Gasteiger partial charge in [-0.2, -0.15) is 21.8 Å². The molecule has 2 aliphatic rings. The normalized spacial score (nSPS) is 21.5. The summed E-state index contributed by atoms with van der Waals surface area (Å²) in [5, 5.41) is 11.9. The third-order valence-corrected chi connectivity index (χ3v) is 8.49. The Morgan fingerprint density at radius 2 is 2.05 bits per heavy atom. The van der Waals surface area contributed by atoms with E-state index < -0.39 is 5.82 Å². The van der Waals surface area contributed by atoms with Crippen LogP contribution in [0.15, 0.2) is 36.7 Å². The molecule has 4 heterocycles. The Bertz CT molecular complexity index is 1530. The topological polar surface area (TPSA) is 97.2 Å². The molecule has 9 nitrogen and oxygen atoms in total. The van der Waals surface area contributed by atoms with E-state index in [0.29, 0.717) is 46.8 Å². The van der Waals surface area contributed by atoms with Crippen LogP contribution in [0.5, 0.6) is 6.01 Å². The number of amides is 1. The monoisotopic (exact) mass is 549 g/mol. The number of aromatic nitrogens is 4. The predicted molar refractivity (Wildman–Crippen MR) is 153 cm³/mol. The molecule has 0 radical (unpaired) electrons. The number of thioether (sulfide) groups is 1. The van der Waals surface area contributed by atoms with Crippen LogP contribution >= 0.6 is 11.8 Å². The number of hydrogen-bond acceptors (Lipinski definition) is 8. The smallest absolute Gasteiger partial charge is 0.316 e. The van der Waals surface area contributed by atoms with Gasteiger partial charge in [0.15, 0.2) is 5.82 Å². The molecular formula is C28H32FN7O2S. The molecule has 39 heavy (non-hydrogen) atoms. The fourth-order valence-corrected chi connectivity index (χ4v) is 6.79. The molecule has 6 rings (SSSR count). The van der Waals surface area contributed by atoms with Crippen molar-refractivity contribution in [1.82, 2.24) is 25.1 Å². The number of halogens is 1. The number of rotatable bonds is 6. The van der Waals surface area contributed by atoms with Gasteiger partial charge in [-0.25, -0.2) is 9.37 Å². The van der Waals surface area contributed by atoms with Crippen molar-refractivity contribution >= 4 is 50.8 Å². The first-order valence-corrected chi connectivity index (χ1v) is 14.4. The van der Waals surface area contributed by atoms with E-state index >= 15 is 0 Å². The molecular weight excluding hydrogens is 517 g/mol. The summed E-state index contributed by atoms with van der Waals surface area (Å²) in [7, 11) is 1.73. The lowest BCUT2D eigenvalue weighted by Gasteiger charge is -2.38. The van der Waals surface area contributed by atoms with Crippen molar-refractivity contribution in [1.29, 1.82) is 0 Å². The van der Waals surface area contributed by atoms with E-state index in [9.17, 15) is 9.18 Å². The van der Waals surface area contributed by atoms with Gasteiger partial charge in [-0.3, -0.25) is 9.48 Å². The van der Waals surface area contributed by atoms with Crippen LogP contribution in [0.4, 0.5) is 15.8 Å². The van der Waals surface area contributed by atoms with Crippen LogP contribution in [-0.4, -0.2) is 68.9 Å². The molecule has 0 spiro atoms. The maximum atomic E-state index is 14.7. The summed E-state index contributed by atoms with van der Waals surface area (Å²) in [6.07, 6.45) is 4.59. The maximum absolute atomic E-state index is 14.7. The predicted octanol–water partition coefficient (Wildman–Crippen LogP) is 4.23. The Kier molecular flexibility index (Phi) is 7.03. The summed E-state index contributed by atoms with van der Waals surface area (Å²) in [5.74, 6) is 1.82. The average Bonchev–Trinajstić information content (AvgIpc) is 3.55. The quantitative estimate of drug-likeness (QED) is 0.369. The summed E-state index contributed by atoms with van der Waals surface area (Å²) in [6, 6.07) is 7.63. The maximum Gasteiger partial charge on any atom is 0.316 e. The minimum absolute atomic E-state index is 0.260. The lowest BCUT2D eigenvalue weighted by molar-refractivity contribution is 0.102. The Balaban J connectivity index is 1.36. The van der Waals surface area contributed by atoms with Crippen molar-refractivity contribution in [2.75, 3.05) is 41.4 Å². The van der Waals surface area contributed by atoms with Crippen LogP contribution < -0.4 is 20.3 Å². The van der Waals surface area contributed by atoms with Gasteiger partial charge in [-0.15, -0.1) is 0 Å². The Morgan fingerprint density at radius 3 is 2.82 bits per heavy atom. The zero-order valence-corrected chi connectivity index (χ0v) is 23.1. The van der Waals surface area contributed by atoms with Crippen molar-refractivity contribution < 1.29 is 13.9 Å². The summed E-state index contributed by atoms with van der Waals surface area (Å²) < 4.78 is 22.2. The number of nitrogens with zero attached hydrogens (tertiary/aromatic N) is 5. The van der Waals surface area contributed by atoms with Crippen molar-refractivity contribution in [3.63, 3.8) is 0 Å². The van der Waals surface area contributed by atoms with E-state index in [1.165, 1.54) is 6.07 Å². The number of aryl methyl sites for hydroxylation is 1. The first-order valence-electron chi connectivity index (χ1n) is 13.3. The standard InChI is InChI=1S/C28H32FN7O2S/c1-16-11-36(12-17(2)31-16)24-5-4-21(26-22(24)10-30-28(33-26)38-14-18-6-7-39-15-18)27(37)32-20-8-19-13-35(3)34-25(19)23(29)9-20/h4-5,8-10,13,16-18,31H,6-7,11-12,14-15H2,1-3H3,(H,32,37). The van der Waals surface area contributed by atoms with Gasteiger partial charge in [-0.1, -0.05) is 0 Å². The number of carbonyl (C=O) groups is 1. The van der Waals surface area contributed by atoms with E-state index in [0.717, 1.165) is 42.1 Å². The zero-order valence-electron chi connectivity index (χ0n) is 22.3. The fraction of sp³-hybridized carbons (Fsp3) is 0.429. The first-order chi connectivity index (χ1) is 18.8. The summed E-state index contributed by atoms with van der Waals surface area (Å²) in [5.41, 5.74) is 2.48. The van der Waals surface area contributed by atoms with Crippen molar-refractivity contribution in [3.05, 3.63) is 48.0 Å². The number of carbonyl (C=O) groups excluding carboxylic acids is 1. The molecule has 3 unspecified atom stereocenters. The highest BCUT2D eigenvalue weighted by Gasteiger charge is 2.25. The van der Waals surface area contributed by atoms with Gasteiger partial charge in [0.25, 0.3) is 5.91 Å². The van der Waals surface area contributed by atoms with Crippen molar-refractivity contribution in [3.8, 4) is 6.01 Å². The molecule has 0 aliphatic carbocycles. The van der Waals surface area contributed by atoms with Gasteiger partial charge in [0.05, 0.1) is 17.7 Å². The van der Waals surface area contributed by atoms with Crippen molar-refractivity contribution in [2.45, 2.75) is 32.4 Å². The van der Waals surface area contributed by atoms with Crippen LogP contribution in [-0.2, 0) is 7.05 Å². The van der Waals surface area contributed by atoms with Gasteiger partial charge in [0.2, 0.25) is 0 Å². The fourth-order valence-electron chi connectivity index (χ4n) is 5.53. The lowest BCUT2D eigenvalue weighted by atomic mass is 10.0. The number of hydrogen-bond donors (Lipinski definition) is 2. The van der Waals surface area contributed by atoms with Gasteiger partial charge < -0.3 is 20.3 Å². The second kappa shape index (κ2) is 10.6. The molecule has 1 amide bonds. The molecule has 2 aromatic heterocycles. The molecule has 11 heteroatoms. The zero-order chi connectivity index (χ0) is 27.1. The van der Waals surface area contributed by atoms with Crippen LogP contribution in [0, 0.1) is 11.7 Å². The summed E-state index contributed by atoms with van der Waals surface area (Å²) in [4.78, 5) is 25.1. The number of fused-ring (bicyclic) bond motifs is 2. The molecule has 2 N–H and O–H groups in total. The molecule has 2 saturated heterocycles. The molecule has 4 aromatic rings. The third-order valence-electron chi connectivity index (χ3n) is 7.25. The second-order valence-corrected chi connectivity index (χ2v) is 11.8. The Hall–Kier alpha value is -3.44. The molecule has 3 atom stereocenters. The van der Waals surface area contributed by atoms with E-state index in [-0.39, 0.29) is 17.4 Å². The van der Waals surface area contributed by atoms with Crippen LogP contribution in [0.1, 0.15) is 30.6 Å². The van der Waals surface area contributed by atoms with Crippen molar-refractivity contribution in [2.24, 2.45) is 13.0 Å². The Labute approximate surface area is 230 Å². The highest BCUT2D eigenvalue weighted by atomic mass is 32.2. The largest absolute Gasteiger partial charge is 0.463 e. The summed E-state index contributed by atoms with van der Waals surface area (Å²) in [6.45, 7) is 6.53. The van der Waals surface area contributed by atoms with E-state index in [4.69, 9.17) is 9.72 Å². The molecule has 2 aliphatic heterocycles. The average molecular weight is 550 g/mol. The van der Waals surface area contributed by atoms with Gasteiger partial charge in [-0.05, 0) is 56.0 Å². The van der Waals surface area contributed by atoms with E-state index in [2.05, 4.69) is 39.5 Å². The van der Waals surface area contributed by atoms with Gasteiger partial charge in [0, 0.05) is 72.7 Å². The molecule has 0 saturated carbocycles. The Morgan fingerprint density at radius 1 is 1.23 bits per heavy atom. The second-order valence-electron chi connectivity index (χ2n) is 10.6. The number of ether oxygens (including phenoxy) is 1. The minimum atomic E-state index is -0.492. The van der Waals surface area contributed by atoms with Crippen LogP contribution in [0.25, 0.3) is 21.8 Å². The molecule has 2 fully saturated rings. The first kappa shape index (κ1) is 25.8. The summed E-state index contributed by atoms with van der Waals surface area (Å²) >= 11 is 1.93. The van der Waals surface area contributed by atoms with Crippen LogP contribution in [0.2, 0.25) is 0 Å².